The van der Waals surface area contributed by atoms with Gasteiger partial charge >= 0.3 is 0 Å². The van der Waals surface area contributed by atoms with Crippen LogP contribution in [0.1, 0.15) is 0 Å². The fourth-order valence-corrected chi connectivity index (χ4v) is 4.91. The Kier molecular flexibility index (Phi) is 6.26. The Morgan fingerprint density at radius 1 is 0.963 bits per heavy atom. The van der Waals surface area contributed by atoms with E-state index in [0.717, 1.165) is 0 Å². The number of carbonyl (C=O) groups excluding carboxylic acids is 1. The van der Waals surface area contributed by atoms with Crippen LogP contribution in [0.3, 0.4) is 0 Å². The highest BCUT2D eigenvalue weighted by Gasteiger charge is 2.32. The Labute approximate surface area is 168 Å². The van der Waals surface area contributed by atoms with Crippen molar-refractivity contribution >= 4 is 39.1 Å². The molecule has 9 heteroatoms. The van der Waals surface area contributed by atoms with E-state index in [-0.39, 0.29) is 53.6 Å². The summed E-state index contributed by atoms with van der Waals surface area (Å²) in [5.41, 5.74) is 0. The first kappa shape index (κ1) is 19.9. The molecule has 2 aromatic rings. The Balaban J connectivity index is 1.59. The number of halogens is 2. The van der Waals surface area contributed by atoms with Crippen molar-refractivity contribution < 1.29 is 17.9 Å². The molecule has 0 bridgehead atoms. The van der Waals surface area contributed by atoms with Crippen molar-refractivity contribution in [2.75, 3.05) is 32.8 Å². The number of ether oxygens (including phenoxy) is 1. The van der Waals surface area contributed by atoms with Crippen LogP contribution in [0.25, 0.3) is 0 Å². The molecule has 0 atom stereocenters. The molecule has 0 spiro atoms. The van der Waals surface area contributed by atoms with E-state index in [4.69, 9.17) is 27.9 Å². The number of para-hydroxylation sites is 1. The maximum absolute atomic E-state index is 12.8. The van der Waals surface area contributed by atoms with Gasteiger partial charge in [-0.05, 0) is 24.3 Å². The molecule has 0 aliphatic carbocycles. The van der Waals surface area contributed by atoms with Crippen molar-refractivity contribution in [3.63, 3.8) is 0 Å². The van der Waals surface area contributed by atoms with E-state index in [1.54, 1.807) is 23.1 Å². The summed E-state index contributed by atoms with van der Waals surface area (Å²) < 4.78 is 32.4. The van der Waals surface area contributed by atoms with Crippen LogP contribution in [0.2, 0.25) is 10.0 Å². The Bertz CT molecular complexity index is 914. The second-order valence-corrected chi connectivity index (χ2v) is 8.63. The summed E-state index contributed by atoms with van der Waals surface area (Å²) in [4.78, 5) is 13.9. The molecule has 2 aromatic carbocycles. The quantitative estimate of drug-likeness (QED) is 0.733. The van der Waals surface area contributed by atoms with E-state index in [1.165, 1.54) is 16.4 Å². The highest BCUT2D eigenvalue weighted by Crippen LogP contribution is 2.31. The van der Waals surface area contributed by atoms with E-state index in [9.17, 15) is 13.2 Å². The third-order valence-electron chi connectivity index (χ3n) is 4.23. The van der Waals surface area contributed by atoms with Gasteiger partial charge in [0.25, 0.3) is 5.91 Å². The molecule has 144 valence electrons. The van der Waals surface area contributed by atoms with Crippen molar-refractivity contribution in [3.05, 3.63) is 58.6 Å². The number of nitrogens with zero attached hydrogens (tertiary/aromatic N) is 2. The van der Waals surface area contributed by atoms with Gasteiger partial charge in [-0.2, -0.15) is 4.31 Å². The van der Waals surface area contributed by atoms with Crippen molar-refractivity contribution in [2.24, 2.45) is 0 Å². The molecule has 1 amide bonds. The molecule has 6 nitrogen and oxygen atoms in total. The number of hydrogen-bond acceptors (Lipinski definition) is 4. The molecule has 0 unspecified atom stereocenters. The van der Waals surface area contributed by atoms with E-state index in [2.05, 4.69) is 0 Å². The van der Waals surface area contributed by atoms with Gasteiger partial charge in [0, 0.05) is 26.2 Å². The lowest BCUT2D eigenvalue weighted by molar-refractivity contribution is -0.134. The van der Waals surface area contributed by atoms with Crippen LogP contribution in [0.5, 0.6) is 5.75 Å². The Morgan fingerprint density at radius 3 is 2.30 bits per heavy atom. The minimum atomic E-state index is -3.77. The molecule has 0 radical (unpaired) electrons. The molecule has 1 heterocycles. The first-order valence-electron chi connectivity index (χ1n) is 8.29. The van der Waals surface area contributed by atoms with Gasteiger partial charge in [-0.3, -0.25) is 4.79 Å². The second kappa shape index (κ2) is 8.48. The van der Waals surface area contributed by atoms with Crippen LogP contribution in [0.4, 0.5) is 0 Å². The van der Waals surface area contributed by atoms with Crippen LogP contribution in [0, 0.1) is 0 Å². The minimum Gasteiger partial charge on any atom is -0.484 e. The van der Waals surface area contributed by atoms with Gasteiger partial charge in [-0.1, -0.05) is 47.5 Å². The number of amides is 1. The zero-order valence-corrected chi connectivity index (χ0v) is 16.7. The summed E-state index contributed by atoms with van der Waals surface area (Å²) in [6, 6.07) is 13.6. The van der Waals surface area contributed by atoms with Crippen LogP contribution in [-0.2, 0) is 14.8 Å². The van der Waals surface area contributed by atoms with Gasteiger partial charge in [0.15, 0.2) is 6.61 Å². The van der Waals surface area contributed by atoms with E-state index >= 15 is 0 Å². The van der Waals surface area contributed by atoms with Gasteiger partial charge in [0.2, 0.25) is 10.0 Å². The fraction of sp³-hybridized carbons (Fsp3) is 0.278. The summed E-state index contributed by atoms with van der Waals surface area (Å²) >= 11 is 12.0. The van der Waals surface area contributed by atoms with Gasteiger partial charge in [-0.15, -0.1) is 0 Å². The highest BCUT2D eigenvalue weighted by molar-refractivity contribution is 7.89. The maximum Gasteiger partial charge on any atom is 0.260 e. The molecular formula is C18H18Cl2N2O4S. The predicted octanol–water partition coefficient (Wildman–Crippen LogP) is 2.91. The molecule has 1 fully saturated rings. The number of sulfonamides is 1. The van der Waals surface area contributed by atoms with Gasteiger partial charge in [0.05, 0.1) is 10.0 Å². The van der Waals surface area contributed by atoms with Crippen LogP contribution >= 0.6 is 23.2 Å². The van der Waals surface area contributed by atoms with Crippen LogP contribution < -0.4 is 4.74 Å². The minimum absolute atomic E-state index is 0.00827. The lowest BCUT2D eigenvalue weighted by atomic mass is 10.3. The normalized spacial score (nSPS) is 15.6. The van der Waals surface area contributed by atoms with Crippen molar-refractivity contribution in [2.45, 2.75) is 4.90 Å². The fourth-order valence-electron chi connectivity index (χ4n) is 2.75. The molecular weight excluding hydrogens is 411 g/mol. The zero-order valence-electron chi connectivity index (χ0n) is 14.3. The molecule has 1 aliphatic heterocycles. The number of piperazine rings is 1. The predicted molar refractivity (Wildman–Crippen MR) is 104 cm³/mol. The SMILES string of the molecule is O=C(COc1ccccc1)N1CCN(S(=O)(=O)c2cccc(Cl)c2Cl)CC1. The Hall–Kier alpha value is -1.80. The third-order valence-corrected chi connectivity index (χ3v) is 7.10. The number of benzene rings is 2. The van der Waals surface area contributed by atoms with Gasteiger partial charge in [-0.25, -0.2) is 8.42 Å². The van der Waals surface area contributed by atoms with E-state index in [1.807, 2.05) is 18.2 Å². The summed E-state index contributed by atoms with van der Waals surface area (Å²) in [5.74, 6) is 0.430. The molecule has 1 saturated heterocycles. The average molecular weight is 429 g/mol. The Morgan fingerprint density at radius 2 is 1.63 bits per heavy atom. The molecule has 27 heavy (non-hydrogen) atoms. The largest absolute Gasteiger partial charge is 0.484 e. The molecule has 0 aromatic heterocycles. The molecule has 0 saturated carbocycles. The summed E-state index contributed by atoms with van der Waals surface area (Å²) in [7, 11) is -3.77. The number of carbonyl (C=O) groups is 1. The lowest BCUT2D eigenvalue weighted by Crippen LogP contribution is -2.51. The first-order chi connectivity index (χ1) is 12.9. The van der Waals surface area contributed by atoms with Crippen molar-refractivity contribution in [1.82, 2.24) is 9.21 Å². The van der Waals surface area contributed by atoms with Gasteiger partial charge in [0.1, 0.15) is 10.6 Å². The average Bonchev–Trinajstić information content (AvgIpc) is 2.69. The molecule has 1 aliphatic rings. The van der Waals surface area contributed by atoms with Crippen LogP contribution in [-0.4, -0.2) is 56.3 Å². The third kappa shape index (κ3) is 4.55. The van der Waals surface area contributed by atoms with Crippen molar-refractivity contribution in [1.29, 1.82) is 0 Å². The monoisotopic (exact) mass is 428 g/mol. The smallest absolute Gasteiger partial charge is 0.260 e. The second-order valence-electron chi connectivity index (χ2n) is 5.94. The van der Waals surface area contributed by atoms with Crippen LogP contribution in [0.15, 0.2) is 53.4 Å². The highest BCUT2D eigenvalue weighted by atomic mass is 35.5. The molecule has 3 rings (SSSR count). The lowest BCUT2D eigenvalue weighted by Gasteiger charge is -2.34. The summed E-state index contributed by atoms with van der Waals surface area (Å²) in [6.45, 7) is 0.851. The van der Waals surface area contributed by atoms with E-state index in [0.29, 0.717) is 5.75 Å². The zero-order chi connectivity index (χ0) is 19.4. The molecule has 0 N–H and O–H groups in total. The number of hydrogen-bond donors (Lipinski definition) is 0. The summed E-state index contributed by atoms with van der Waals surface area (Å²) in [6.07, 6.45) is 0. The summed E-state index contributed by atoms with van der Waals surface area (Å²) in [5, 5.41) is 0.193. The maximum atomic E-state index is 12.8. The van der Waals surface area contributed by atoms with Gasteiger partial charge < -0.3 is 9.64 Å². The van der Waals surface area contributed by atoms with E-state index < -0.39 is 10.0 Å². The standard InChI is InChI=1S/C18H18Cl2N2O4S/c19-15-7-4-8-16(18(15)20)27(24,25)22-11-9-21(10-12-22)17(23)13-26-14-5-2-1-3-6-14/h1-8H,9-13H2. The number of rotatable bonds is 5. The first-order valence-corrected chi connectivity index (χ1v) is 10.5. The van der Waals surface area contributed by atoms with Crippen molar-refractivity contribution in [3.8, 4) is 5.75 Å². The topological polar surface area (TPSA) is 66.9 Å².